The minimum atomic E-state index is 0.627. The maximum Gasteiger partial charge on any atom is 0.0637 e. The number of thiophene rings is 1. The smallest absolute Gasteiger partial charge is 0.0637 e. The number of hydrogen-bond acceptors (Lipinski definition) is 3. The van der Waals surface area contributed by atoms with E-state index in [-0.39, 0.29) is 0 Å². The van der Waals surface area contributed by atoms with Gasteiger partial charge in [-0.15, -0.1) is 11.3 Å². The molecular weight excluding hydrogens is 276 g/mol. The lowest BCUT2D eigenvalue weighted by atomic mass is 10.1. The van der Waals surface area contributed by atoms with E-state index in [0.29, 0.717) is 6.04 Å². The summed E-state index contributed by atoms with van der Waals surface area (Å²) in [6.07, 6.45) is 2.56. The molecule has 102 valence electrons. The zero-order chi connectivity index (χ0) is 13.2. The van der Waals surface area contributed by atoms with Crippen molar-refractivity contribution in [2.45, 2.75) is 25.4 Å². The van der Waals surface area contributed by atoms with Gasteiger partial charge in [0.05, 0.1) is 5.02 Å². The second-order valence-electron chi connectivity index (χ2n) is 5.20. The molecule has 1 aliphatic heterocycles. The van der Waals surface area contributed by atoms with Gasteiger partial charge in [-0.3, -0.25) is 4.90 Å². The molecule has 3 rings (SSSR count). The first-order chi connectivity index (χ1) is 9.28. The van der Waals surface area contributed by atoms with Crippen LogP contribution >= 0.6 is 22.9 Å². The number of fused-ring (bicyclic) bond motifs is 1. The van der Waals surface area contributed by atoms with Crippen LogP contribution in [0.3, 0.4) is 0 Å². The van der Waals surface area contributed by atoms with Gasteiger partial charge in [0.2, 0.25) is 0 Å². The van der Waals surface area contributed by atoms with E-state index in [9.17, 15) is 0 Å². The Labute approximate surface area is 123 Å². The lowest BCUT2D eigenvalue weighted by Crippen LogP contribution is -2.43. The van der Waals surface area contributed by atoms with Crippen LogP contribution in [0.2, 0.25) is 5.02 Å². The predicted molar refractivity (Wildman–Crippen MR) is 84.2 cm³/mol. The van der Waals surface area contributed by atoms with Gasteiger partial charge < -0.3 is 5.32 Å². The van der Waals surface area contributed by atoms with Crippen LogP contribution < -0.4 is 5.32 Å². The summed E-state index contributed by atoms with van der Waals surface area (Å²) in [7, 11) is 2.06. The Morgan fingerprint density at radius 3 is 3.05 bits per heavy atom. The average Bonchev–Trinajstić information content (AvgIpc) is 2.76. The summed E-state index contributed by atoms with van der Waals surface area (Å²) in [5.41, 5.74) is 0. The fraction of sp³-hybridized carbons (Fsp3) is 0.467. The number of nitrogens with zero attached hydrogens (tertiary/aromatic N) is 1. The Hall–Kier alpha value is -0.610. The van der Waals surface area contributed by atoms with E-state index >= 15 is 0 Å². The van der Waals surface area contributed by atoms with Crippen LogP contribution in [0.1, 0.15) is 17.7 Å². The molecular formula is C15H19ClN2S. The van der Waals surface area contributed by atoms with Gasteiger partial charge in [0, 0.05) is 34.1 Å². The third-order valence-corrected chi connectivity index (χ3v) is 5.58. The number of nitrogens with one attached hydrogen (secondary N) is 1. The highest BCUT2D eigenvalue weighted by atomic mass is 35.5. The number of halogens is 1. The molecule has 1 unspecified atom stereocenters. The standard InChI is InChI=1S/C15H19ClN2S/c1-17-11-5-4-8-18(9-11)10-14-15(16)12-6-2-3-7-13(12)19-14/h2-3,6-7,11,17H,4-5,8-10H2,1H3. The Morgan fingerprint density at radius 1 is 1.42 bits per heavy atom. The van der Waals surface area contributed by atoms with Crippen LogP contribution in [0.4, 0.5) is 0 Å². The van der Waals surface area contributed by atoms with Crippen molar-refractivity contribution in [1.82, 2.24) is 10.2 Å². The van der Waals surface area contributed by atoms with Crippen LogP contribution in [0, 0.1) is 0 Å². The Morgan fingerprint density at radius 2 is 2.26 bits per heavy atom. The van der Waals surface area contributed by atoms with Gasteiger partial charge in [0.1, 0.15) is 0 Å². The highest BCUT2D eigenvalue weighted by molar-refractivity contribution is 7.19. The van der Waals surface area contributed by atoms with Crippen LogP contribution in [0.5, 0.6) is 0 Å². The molecule has 1 aromatic carbocycles. The van der Waals surface area contributed by atoms with E-state index in [0.717, 1.165) is 18.1 Å². The summed E-state index contributed by atoms with van der Waals surface area (Å²) in [5.74, 6) is 0. The maximum absolute atomic E-state index is 6.51. The lowest BCUT2D eigenvalue weighted by molar-refractivity contribution is 0.189. The van der Waals surface area contributed by atoms with E-state index in [1.807, 2.05) is 11.3 Å². The molecule has 4 heteroatoms. The van der Waals surface area contributed by atoms with Crippen molar-refractivity contribution in [2.24, 2.45) is 0 Å². The minimum absolute atomic E-state index is 0.627. The molecule has 1 atom stereocenters. The lowest BCUT2D eigenvalue weighted by Gasteiger charge is -2.32. The van der Waals surface area contributed by atoms with Crippen LogP contribution in [-0.2, 0) is 6.54 Å². The Bertz CT molecular complexity index is 566. The fourth-order valence-corrected chi connectivity index (χ4v) is 4.34. The molecule has 0 aliphatic carbocycles. The molecule has 1 aromatic heterocycles. The Kier molecular flexibility index (Phi) is 4.08. The molecule has 1 N–H and O–H groups in total. The van der Waals surface area contributed by atoms with E-state index in [4.69, 9.17) is 11.6 Å². The van der Waals surface area contributed by atoms with Crippen molar-refractivity contribution in [3.8, 4) is 0 Å². The summed E-state index contributed by atoms with van der Waals surface area (Å²) >= 11 is 8.35. The van der Waals surface area contributed by atoms with Gasteiger partial charge in [-0.1, -0.05) is 29.8 Å². The van der Waals surface area contributed by atoms with Gasteiger partial charge in [0.15, 0.2) is 0 Å². The molecule has 0 radical (unpaired) electrons. The molecule has 1 aliphatic rings. The van der Waals surface area contributed by atoms with E-state index in [1.165, 1.54) is 34.3 Å². The summed E-state index contributed by atoms with van der Waals surface area (Å²) in [4.78, 5) is 3.82. The zero-order valence-electron chi connectivity index (χ0n) is 11.2. The molecule has 2 heterocycles. The number of likely N-dealkylation sites (tertiary alicyclic amines) is 1. The molecule has 1 saturated heterocycles. The summed E-state index contributed by atoms with van der Waals surface area (Å²) < 4.78 is 1.30. The third-order valence-electron chi connectivity index (χ3n) is 3.88. The van der Waals surface area contributed by atoms with Crippen molar-refractivity contribution in [3.05, 3.63) is 34.2 Å². The van der Waals surface area contributed by atoms with E-state index < -0.39 is 0 Å². The number of benzene rings is 1. The molecule has 0 spiro atoms. The SMILES string of the molecule is CNC1CCCN(Cc2sc3ccccc3c2Cl)C1. The van der Waals surface area contributed by atoms with Crippen LogP contribution in [-0.4, -0.2) is 31.1 Å². The summed E-state index contributed by atoms with van der Waals surface area (Å²) in [6, 6.07) is 9.04. The number of hydrogen-bond donors (Lipinski definition) is 1. The summed E-state index contributed by atoms with van der Waals surface area (Å²) in [6.45, 7) is 3.29. The highest BCUT2D eigenvalue weighted by Crippen LogP contribution is 2.36. The first kappa shape index (κ1) is 13.4. The summed E-state index contributed by atoms with van der Waals surface area (Å²) in [5, 5.41) is 5.54. The molecule has 0 bridgehead atoms. The van der Waals surface area contributed by atoms with E-state index in [2.05, 4.69) is 41.5 Å². The second-order valence-corrected chi connectivity index (χ2v) is 6.71. The Balaban J connectivity index is 1.79. The molecule has 2 aromatic rings. The topological polar surface area (TPSA) is 15.3 Å². The minimum Gasteiger partial charge on any atom is -0.316 e. The van der Waals surface area contributed by atoms with Crippen molar-refractivity contribution < 1.29 is 0 Å². The monoisotopic (exact) mass is 294 g/mol. The first-order valence-corrected chi connectivity index (χ1v) is 8.03. The van der Waals surface area contributed by atoms with Gasteiger partial charge >= 0.3 is 0 Å². The van der Waals surface area contributed by atoms with Crippen molar-refractivity contribution >= 4 is 33.0 Å². The average molecular weight is 295 g/mol. The van der Waals surface area contributed by atoms with Crippen LogP contribution in [0.15, 0.2) is 24.3 Å². The highest BCUT2D eigenvalue weighted by Gasteiger charge is 2.20. The second kappa shape index (κ2) is 5.80. The first-order valence-electron chi connectivity index (χ1n) is 6.83. The number of likely N-dealkylation sites (N-methyl/N-ethyl adjacent to an activating group) is 1. The van der Waals surface area contributed by atoms with Crippen LogP contribution in [0.25, 0.3) is 10.1 Å². The van der Waals surface area contributed by atoms with Crippen molar-refractivity contribution in [3.63, 3.8) is 0 Å². The third kappa shape index (κ3) is 2.79. The molecule has 0 amide bonds. The van der Waals surface area contributed by atoms with E-state index in [1.54, 1.807) is 0 Å². The maximum atomic E-state index is 6.51. The molecule has 2 nitrogen and oxygen atoms in total. The normalized spacial score (nSPS) is 21.1. The van der Waals surface area contributed by atoms with Gasteiger partial charge in [-0.2, -0.15) is 0 Å². The largest absolute Gasteiger partial charge is 0.316 e. The molecule has 19 heavy (non-hydrogen) atoms. The van der Waals surface area contributed by atoms with Gasteiger partial charge in [-0.05, 0) is 32.5 Å². The van der Waals surface area contributed by atoms with Crippen molar-refractivity contribution in [2.75, 3.05) is 20.1 Å². The quantitative estimate of drug-likeness (QED) is 0.928. The van der Waals surface area contributed by atoms with Gasteiger partial charge in [0.25, 0.3) is 0 Å². The number of rotatable bonds is 3. The molecule has 1 fully saturated rings. The van der Waals surface area contributed by atoms with Gasteiger partial charge in [-0.25, -0.2) is 0 Å². The van der Waals surface area contributed by atoms with Crippen molar-refractivity contribution in [1.29, 1.82) is 0 Å². The molecule has 0 saturated carbocycles. The number of piperidine rings is 1. The fourth-order valence-electron chi connectivity index (χ4n) is 2.80. The predicted octanol–water partition coefficient (Wildman–Crippen LogP) is 3.74. The zero-order valence-corrected chi connectivity index (χ0v) is 12.7.